The quantitative estimate of drug-likeness (QED) is 0.821. The van der Waals surface area contributed by atoms with Gasteiger partial charge in [-0.3, -0.25) is 9.69 Å². The summed E-state index contributed by atoms with van der Waals surface area (Å²) in [5.74, 6) is 0.551. The highest BCUT2D eigenvalue weighted by Crippen LogP contribution is 2.17. The van der Waals surface area contributed by atoms with Crippen LogP contribution in [-0.4, -0.2) is 53.9 Å². The average molecular weight is 250 g/mol. The average Bonchev–Trinajstić information content (AvgIpc) is 2.86. The van der Waals surface area contributed by atoms with Gasteiger partial charge in [0.1, 0.15) is 5.69 Å². The van der Waals surface area contributed by atoms with Crippen molar-refractivity contribution in [3.63, 3.8) is 0 Å². The largest absolute Gasteiger partial charge is 0.353 e. The molecule has 0 bridgehead atoms. The van der Waals surface area contributed by atoms with Crippen molar-refractivity contribution in [1.29, 1.82) is 0 Å². The number of carbonyl (C=O) groups excluding carboxylic acids is 1. The zero-order valence-corrected chi connectivity index (χ0v) is 11.3. The number of nitrogens with two attached hydrogens (primary N) is 1. The monoisotopic (exact) mass is 250 g/mol. The molecule has 1 aromatic heterocycles. The summed E-state index contributed by atoms with van der Waals surface area (Å²) < 4.78 is 0. The molecule has 5 heteroatoms. The van der Waals surface area contributed by atoms with Crippen LogP contribution >= 0.6 is 0 Å². The summed E-state index contributed by atoms with van der Waals surface area (Å²) in [5.41, 5.74) is 7.72. The first-order valence-corrected chi connectivity index (χ1v) is 6.35. The van der Waals surface area contributed by atoms with E-state index in [9.17, 15) is 4.79 Å². The maximum absolute atomic E-state index is 11.8. The van der Waals surface area contributed by atoms with Crippen LogP contribution in [0, 0.1) is 5.92 Å². The highest BCUT2D eigenvalue weighted by molar-refractivity contribution is 5.92. The molecule has 100 valence electrons. The Hall–Kier alpha value is -1.33. The summed E-state index contributed by atoms with van der Waals surface area (Å²) in [5, 5.41) is 0. The zero-order chi connectivity index (χ0) is 13.3. The summed E-state index contributed by atoms with van der Waals surface area (Å²) in [4.78, 5) is 18.8. The third-order valence-corrected chi connectivity index (χ3v) is 3.52. The second kappa shape index (κ2) is 5.12. The minimum absolute atomic E-state index is 0.00717. The third kappa shape index (κ3) is 2.73. The third-order valence-electron chi connectivity index (χ3n) is 3.52. The topological polar surface area (TPSA) is 65.4 Å². The van der Waals surface area contributed by atoms with Gasteiger partial charge in [0.2, 0.25) is 0 Å². The van der Waals surface area contributed by atoms with Crippen LogP contribution in [0.15, 0.2) is 12.1 Å². The summed E-state index contributed by atoms with van der Waals surface area (Å²) in [6, 6.07) is 4.09. The normalized spacial score (nSPS) is 24.4. The number of carbonyl (C=O) groups is 1. The van der Waals surface area contributed by atoms with Crippen LogP contribution in [0.1, 0.15) is 23.1 Å². The van der Waals surface area contributed by atoms with Crippen molar-refractivity contribution in [1.82, 2.24) is 14.8 Å². The number of rotatable bonds is 3. The highest BCUT2D eigenvalue weighted by atomic mass is 16.2. The minimum Gasteiger partial charge on any atom is -0.353 e. The molecule has 1 aliphatic rings. The molecule has 2 atom stereocenters. The first-order chi connectivity index (χ1) is 8.47. The molecule has 0 saturated carbocycles. The van der Waals surface area contributed by atoms with E-state index in [1.165, 1.54) is 0 Å². The Morgan fingerprint density at radius 1 is 1.50 bits per heavy atom. The number of likely N-dealkylation sites (tertiary alicyclic amines) is 1. The SMILES string of the molecule is CC1CN(Cc2ccc(C(=O)N(C)C)[nH]2)CC1N. The highest BCUT2D eigenvalue weighted by Gasteiger charge is 2.26. The molecule has 3 N–H and O–H groups in total. The number of aromatic amines is 1. The van der Waals surface area contributed by atoms with Gasteiger partial charge < -0.3 is 15.6 Å². The summed E-state index contributed by atoms with van der Waals surface area (Å²) in [7, 11) is 3.51. The van der Waals surface area contributed by atoms with E-state index < -0.39 is 0 Å². The Labute approximate surface area is 108 Å². The van der Waals surface area contributed by atoms with Crippen LogP contribution in [0.25, 0.3) is 0 Å². The van der Waals surface area contributed by atoms with Gasteiger partial charge in [-0.2, -0.15) is 0 Å². The first kappa shape index (κ1) is 13.1. The molecule has 1 aliphatic heterocycles. The summed E-state index contributed by atoms with van der Waals surface area (Å²) in [6.45, 7) is 4.97. The van der Waals surface area contributed by atoms with Gasteiger partial charge in [0.15, 0.2) is 0 Å². The van der Waals surface area contributed by atoms with Crippen molar-refractivity contribution in [3.8, 4) is 0 Å². The second-order valence-electron chi connectivity index (χ2n) is 5.43. The Kier molecular flexibility index (Phi) is 3.73. The molecule has 1 fully saturated rings. The maximum atomic E-state index is 11.8. The molecular formula is C13H22N4O. The van der Waals surface area contributed by atoms with Crippen molar-refractivity contribution in [2.45, 2.75) is 19.5 Å². The van der Waals surface area contributed by atoms with Crippen LogP contribution in [0.5, 0.6) is 0 Å². The molecule has 1 aromatic rings. The molecule has 2 heterocycles. The van der Waals surface area contributed by atoms with Crippen molar-refractivity contribution >= 4 is 5.91 Å². The Morgan fingerprint density at radius 2 is 2.22 bits per heavy atom. The van der Waals surface area contributed by atoms with Crippen LogP contribution in [0.3, 0.4) is 0 Å². The fourth-order valence-electron chi connectivity index (χ4n) is 2.36. The van der Waals surface area contributed by atoms with Gasteiger partial charge >= 0.3 is 0 Å². The van der Waals surface area contributed by atoms with E-state index in [4.69, 9.17) is 5.73 Å². The van der Waals surface area contributed by atoms with Crippen LogP contribution in [0.2, 0.25) is 0 Å². The van der Waals surface area contributed by atoms with Gasteiger partial charge in [0.05, 0.1) is 0 Å². The van der Waals surface area contributed by atoms with E-state index in [-0.39, 0.29) is 11.9 Å². The van der Waals surface area contributed by atoms with Gasteiger partial charge in [-0.1, -0.05) is 6.92 Å². The lowest BCUT2D eigenvalue weighted by Crippen LogP contribution is -2.28. The minimum atomic E-state index is 0.00717. The number of aromatic nitrogens is 1. The summed E-state index contributed by atoms with van der Waals surface area (Å²) >= 11 is 0. The molecule has 1 saturated heterocycles. The first-order valence-electron chi connectivity index (χ1n) is 6.35. The number of H-pyrrole nitrogens is 1. The van der Waals surface area contributed by atoms with Crippen LogP contribution in [0.4, 0.5) is 0 Å². The maximum Gasteiger partial charge on any atom is 0.269 e. The lowest BCUT2D eigenvalue weighted by atomic mass is 10.1. The van der Waals surface area contributed by atoms with E-state index in [2.05, 4.69) is 16.8 Å². The van der Waals surface area contributed by atoms with Crippen molar-refractivity contribution in [2.24, 2.45) is 11.7 Å². The van der Waals surface area contributed by atoms with Crippen LogP contribution < -0.4 is 5.73 Å². The molecule has 1 amide bonds. The molecule has 5 nitrogen and oxygen atoms in total. The Bertz CT molecular complexity index is 416. The standard InChI is InChI=1S/C13H22N4O/c1-9-6-17(8-11(9)14)7-10-4-5-12(15-10)13(18)16(2)3/h4-5,9,11,15H,6-8,14H2,1-3H3. The molecule has 2 rings (SSSR count). The predicted molar refractivity (Wildman–Crippen MR) is 71.2 cm³/mol. The molecule has 0 radical (unpaired) electrons. The van der Waals surface area contributed by atoms with Crippen molar-refractivity contribution in [2.75, 3.05) is 27.2 Å². The smallest absolute Gasteiger partial charge is 0.269 e. The van der Waals surface area contributed by atoms with E-state index in [0.29, 0.717) is 11.6 Å². The van der Waals surface area contributed by atoms with Gasteiger partial charge in [-0.05, 0) is 18.1 Å². The second-order valence-corrected chi connectivity index (χ2v) is 5.43. The predicted octanol–water partition coefficient (Wildman–Crippen LogP) is 0.496. The van der Waals surface area contributed by atoms with Crippen molar-refractivity contribution in [3.05, 3.63) is 23.5 Å². The fourth-order valence-corrected chi connectivity index (χ4v) is 2.36. The van der Waals surface area contributed by atoms with E-state index in [1.54, 1.807) is 19.0 Å². The Balaban J connectivity index is 1.97. The van der Waals surface area contributed by atoms with E-state index in [0.717, 1.165) is 25.3 Å². The van der Waals surface area contributed by atoms with Gasteiger partial charge in [0.25, 0.3) is 5.91 Å². The fraction of sp³-hybridized carbons (Fsp3) is 0.615. The molecule has 0 aromatic carbocycles. The molecule has 18 heavy (non-hydrogen) atoms. The zero-order valence-electron chi connectivity index (χ0n) is 11.3. The molecular weight excluding hydrogens is 228 g/mol. The number of hydrogen-bond acceptors (Lipinski definition) is 3. The van der Waals surface area contributed by atoms with Crippen LogP contribution in [-0.2, 0) is 6.54 Å². The van der Waals surface area contributed by atoms with Crippen molar-refractivity contribution < 1.29 is 4.79 Å². The molecule has 0 aliphatic carbocycles. The molecule has 2 unspecified atom stereocenters. The number of nitrogens with one attached hydrogen (secondary N) is 1. The summed E-state index contributed by atoms with van der Waals surface area (Å²) in [6.07, 6.45) is 0. The number of amides is 1. The van der Waals surface area contributed by atoms with Gasteiger partial charge in [-0.15, -0.1) is 0 Å². The number of hydrogen-bond donors (Lipinski definition) is 2. The lowest BCUT2D eigenvalue weighted by Gasteiger charge is -2.14. The lowest BCUT2D eigenvalue weighted by molar-refractivity contribution is 0.0822. The van der Waals surface area contributed by atoms with Gasteiger partial charge in [0, 0.05) is 45.5 Å². The Morgan fingerprint density at radius 3 is 2.78 bits per heavy atom. The number of nitrogens with zero attached hydrogens (tertiary/aromatic N) is 2. The van der Waals surface area contributed by atoms with Gasteiger partial charge in [-0.25, -0.2) is 0 Å². The molecule has 0 spiro atoms. The van der Waals surface area contributed by atoms with E-state index in [1.807, 2.05) is 12.1 Å². The van der Waals surface area contributed by atoms with E-state index >= 15 is 0 Å².